The summed E-state index contributed by atoms with van der Waals surface area (Å²) in [5.41, 5.74) is 7.19. The minimum atomic E-state index is -0.409. The molecule has 94 valence electrons. The molecule has 2 rings (SSSR count). The van der Waals surface area contributed by atoms with Crippen molar-refractivity contribution in [3.63, 3.8) is 0 Å². The van der Waals surface area contributed by atoms with Crippen LogP contribution < -0.4 is 10.6 Å². The molecule has 0 saturated carbocycles. The molecule has 17 heavy (non-hydrogen) atoms. The molecule has 3 nitrogen and oxygen atoms in total. The van der Waals surface area contributed by atoms with Gasteiger partial charge in [-0.15, -0.1) is 0 Å². The Morgan fingerprint density at radius 3 is 2.76 bits per heavy atom. The fraction of sp³-hybridized carbons (Fsp3) is 0.500. The number of halogens is 2. The predicted octanol–water partition coefficient (Wildman–Crippen LogP) is 2.20. The summed E-state index contributed by atoms with van der Waals surface area (Å²) in [6.45, 7) is 3.79. The van der Waals surface area contributed by atoms with Crippen LogP contribution in [0, 0.1) is 5.82 Å². The van der Waals surface area contributed by atoms with Crippen molar-refractivity contribution >= 4 is 23.0 Å². The lowest BCUT2D eigenvalue weighted by Crippen LogP contribution is -2.29. The monoisotopic (exact) mass is 257 g/mol. The van der Waals surface area contributed by atoms with Gasteiger partial charge in [-0.1, -0.05) is 11.6 Å². The highest BCUT2D eigenvalue weighted by molar-refractivity contribution is 6.31. The average Bonchev–Trinajstić information content (AvgIpc) is 2.49. The maximum Gasteiger partial charge on any atom is 0.144 e. The lowest BCUT2D eigenvalue weighted by Gasteiger charge is -2.24. The number of nitrogens with zero attached hydrogens (tertiary/aromatic N) is 2. The summed E-state index contributed by atoms with van der Waals surface area (Å²) in [6, 6.07) is 2.92. The summed E-state index contributed by atoms with van der Waals surface area (Å²) < 4.78 is 13.5. The number of hydrogen-bond acceptors (Lipinski definition) is 3. The molecule has 0 unspecified atom stereocenters. The molecule has 1 aliphatic rings. The van der Waals surface area contributed by atoms with Crippen LogP contribution in [0.4, 0.5) is 15.8 Å². The predicted molar refractivity (Wildman–Crippen MR) is 70.1 cm³/mol. The van der Waals surface area contributed by atoms with Crippen LogP contribution in [0.5, 0.6) is 0 Å². The quantitative estimate of drug-likeness (QED) is 0.783. The van der Waals surface area contributed by atoms with E-state index < -0.39 is 5.82 Å². The third-order valence-electron chi connectivity index (χ3n) is 3.13. The Hall–Kier alpha value is -1.00. The fourth-order valence-corrected chi connectivity index (χ4v) is 2.29. The maximum absolute atomic E-state index is 13.5. The Bertz CT molecular complexity index is 411. The second kappa shape index (κ2) is 5.10. The van der Waals surface area contributed by atoms with E-state index in [1.54, 1.807) is 0 Å². The van der Waals surface area contributed by atoms with Crippen molar-refractivity contribution in [1.82, 2.24) is 4.90 Å². The third-order valence-corrected chi connectivity index (χ3v) is 3.42. The molecule has 1 fully saturated rings. The molecule has 0 aliphatic carbocycles. The zero-order chi connectivity index (χ0) is 12.4. The van der Waals surface area contributed by atoms with Crippen LogP contribution in [0.25, 0.3) is 0 Å². The first-order valence-electron chi connectivity index (χ1n) is 5.76. The zero-order valence-electron chi connectivity index (χ0n) is 9.92. The largest absolute Gasteiger partial charge is 0.397 e. The number of benzene rings is 1. The molecule has 5 heteroatoms. The van der Waals surface area contributed by atoms with Crippen molar-refractivity contribution < 1.29 is 4.39 Å². The molecule has 1 aliphatic heterocycles. The van der Waals surface area contributed by atoms with Gasteiger partial charge < -0.3 is 15.5 Å². The summed E-state index contributed by atoms with van der Waals surface area (Å²) in [7, 11) is 2.09. The van der Waals surface area contributed by atoms with E-state index in [0.29, 0.717) is 5.69 Å². The van der Waals surface area contributed by atoms with E-state index in [9.17, 15) is 4.39 Å². The van der Waals surface area contributed by atoms with E-state index in [-0.39, 0.29) is 5.02 Å². The van der Waals surface area contributed by atoms with Crippen LogP contribution in [0.2, 0.25) is 5.02 Å². The minimum absolute atomic E-state index is 0.0817. The minimum Gasteiger partial charge on any atom is -0.397 e. The SMILES string of the molecule is CN1CCCN(c2cc(F)c(Cl)cc2N)CC1. The Morgan fingerprint density at radius 2 is 2.00 bits per heavy atom. The topological polar surface area (TPSA) is 32.5 Å². The number of likely N-dealkylation sites (N-methyl/N-ethyl adjacent to an activating group) is 1. The van der Waals surface area contributed by atoms with E-state index in [4.69, 9.17) is 17.3 Å². The summed E-state index contributed by atoms with van der Waals surface area (Å²) in [4.78, 5) is 4.39. The Balaban J connectivity index is 2.24. The van der Waals surface area contributed by atoms with Crippen LogP contribution in [0.3, 0.4) is 0 Å². The lowest BCUT2D eigenvalue weighted by atomic mass is 10.2. The zero-order valence-corrected chi connectivity index (χ0v) is 10.7. The van der Waals surface area contributed by atoms with Crippen LogP contribution in [0.1, 0.15) is 6.42 Å². The Labute approximate surface area is 106 Å². The van der Waals surface area contributed by atoms with Crippen molar-refractivity contribution in [3.05, 3.63) is 23.0 Å². The maximum atomic E-state index is 13.5. The van der Waals surface area contributed by atoms with E-state index in [0.717, 1.165) is 38.3 Å². The van der Waals surface area contributed by atoms with Gasteiger partial charge in [-0.25, -0.2) is 4.39 Å². The highest BCUT2D eigenvalue weighted by Crippen LogP contribution is 2.29. The molecule has 0 aromatic heterocycles. The second-order valence-corrected chi connectivity index (χ2v) is 4.88. The van der Waals surface area contributed by atoms with E-state index in [2.05, 4.69) is 16.8 Å². The van der Waals surface area contributed by atoms with Gasteiger partial charge >= 0.3 is 0 Å². The van der Waals surface area contributed by atoms with Gasteiger partial charge in [0.05, 0.1) is 16.4 Å². The van der Waals surface area contributed by atoms with Crippen LogP contribution in [-0.4, -0.2) is 38.1 Å². The van der Waals surface area contributed by atoms with E-state index in [1.807, 2.05) is 0 Å². The van der Waals surface area contributed by atoms with Crippen LogP contribution in [-0.2, 0) is 0 Å². The lowest BCUT2D eigenvalue weighted by molar-refractivity contribution is 0.360. The number of rotatable bonds is 1. The molecule has 1 saturated heterocycles. The van der Waals surface area contributed by atoms with Crippen molar-refractivity contribution in [2.45, 2.75) is 6.42 Å². The summed E-state index contributed by atoms with van der Waals surface area (Å²) in [5, 5.41) is 0.0817. The molecule has 0 spiro atoms. The molecule has 1 heterocycles. The smallest absolute Gasteiger partial charge is 0.144 e. The van der Waals surface area contributed by atoms with Crippen molar-refractivity contribution in [2.24, 2.45) is 0 Å². The Kier molecular flexibility index (Phi) is 3.74. The molecular formula is C12H17ClFN3. The number of nitrogen functional groups attached to an aromatic ring is 1. The standard InChI is InChI=1S/C12H17ClFN3/c1-16-3-2-4-17(6-5-16)12-8-10(14)9(13)7-11(12)15/h7-8H,2-6,15H2,1H3. The first-order valence-corrected chi connectivity index (χ1v) is 6.14. The van der Waals surface area contributed by atoms with E-state index >= 15 is 0 Å². The molecular weight excluding hydrogens is 241 g/mol. The molecule has 0 atom stereocenters. The van der Waals surface area contributed by atoms with Crippen LogP contribution >= 0.6 is 11.6 Å². The Morgan fingerprint density at radius 1 is 1.24 bits per heavy atom. The summed E-state index contributed by atoms with van der Waals surface area (Å²) >= 11 is 5.70. The molecule has 0 bridgehead atoms. The van der Waals surface area contributed by atoms with Gasteiger partial charge in [-0.2, -0.15) is 0 Å². The van der Waals surface area contributed by atoms with E-state index in [1.165, 1.54) is 12.1 Å². The van der Waals surface area contributed by atoms with Gasteiger partial charge in [-0.3, -0.25) is 0 Å². The van der Waals surface area contributed by atoms with Gasteiger partial charge in [0.2, 0.25) is 0 Å². The van der Waals surface area contributed by atoms with Gasteiger partial charge in [0.25, 0.3) is 0 Å². The van der Waals surface area contributed by atoms with Gasteiger partial charge in [0.1, 0.15) is 5.82 Å². The van der Waals surface area contributed by atoms with Crippen molar-refractivity contribution in [3.8, 4) is 0 Å². The van der Waals surface area contributed by atoms with Crippen LogP contribution in [0.15, 0.2) is 12.1 Å². The molecule has 1 aromatic rings. The average molecular weight is 258 g/mol. The first kappa shape index (κ1) is 12.5. The number of nitrogens with two attached hydrogens (primary N) is 1. The normalized spacial score (nSPS) is 18.2. The highest BCUT2D eigenvalue weighted by Gasteiger charge is 2.16. The molecule has 0 radical (unpaired) electrons. The number of hydrogen-bond donors (Lipinski definition) is 1. The second-order valence-electron chi connectivity index (χ2n) is 4.47. The first-order chi connectivity index (χ1) is 8.08. The van der Waals surface area contributed by atoms with Gasteiger partial charge in [0, 0.05) is 25.7 Å². The summed E-state index contributed by atoms with van der Waals surface area (Å²) in [5.74, 6) is -0.409. The summed E-state index contributed by atoms with van der Waals surface area (Å²) in [6.07, 6.45) is 1.06. The molecule has 1 aromatic carbocycles. The molecule has 2 N–H and O–H groups in total. The fourth-order valence-electron chi connectivity index (χ4n) is 2.11. The highest BCUT2D eigenvalue weighted by atomic mass is 35.5. The number of anilines is 2. The van der Waals surface area contributed by atoms with Gasteiger partial charge in [-0.05, 0) is 26.1 Å². The van der Waals surface area contributed by atoms with Gasteiger partial charge in [0.15, 0.2) is 0 Å². The molecule has 0 amide bonds. The third kappa shape index (κ3) is 2.82. The van der Waals surface area contributed by atoms with Crippen molar-refractivity contribution in [1.29, 1.82) is 0 Å². The van der Waals surface area contributed by atoms with Crippen molar-refractivity contribution in [2.75, 3.05) is 43.9 Å².